The van der Waals surface area contributed by atoms with E-state index in [4.69, 9.17) is 32.7 Å². The maximum atomic E-state index is 12.4. The second-order valence-electron chi connectivity index (χ2n) is 6.97. The number of aryl methyl sites for hydroxylation is 1. The topological polar surface area (TPSA) is 52.6 Å². The summed E-state index contributed by atoms with van der Waals surface area (Å²) in [5.74, 6) is 1.07. The number of hydrogen-bond donors (Lipinski definition) is 0. The van der Waals surface area contributed by atoms with E-state index in [-0.39, 0.29) is 24.8 Å². The number of rotatable bonds is 9. The van der Waals surface area contributed by atoms with Crippen LogP contribution >= 0.6 is 23.2 Å². The maximum Gasteiger partial charge on any atom is 0.311 e. The van der Waals surface area contributed by atoms with Crippen molar-refractivity contribution in [2.75, 3.05) is 11.8 Å². The Kier molecular flexibility index (Phi) is 7.94. The van der Waals surface area contributed by atoms with E-state index in [1.165, 1.54) is 0 Å². The lowest BCUT2D eigenvalue weighted by Gasteiger charge is -2.17. The molecule has 3 rings (SSSR count). The Balaban J connectivity index is 2.20. The third-order valence-electron chi connectivity index (χ3n) is 4.86. The van der Waals surface area contributed by atoms with Crippen molar-refractivity contribution in [1.29, 1.82) is 0 Å². The Morgan fingerprint density at radius 3 is 1.77 bits per heavy atom. The number of carbonyl (C=O) groups excluding carboxylic acids is 2. The standard InChI is InChI=1S/C24H24Cl2O4/c1-2-16-11-12-19-20(15-16)24(30-22(28)10-6-14-26)18-8-4-3-7-17(18)23(19)29-21(27)9-5-13-25/h3-4,7-8,11-12,15H,2,5-6,9-10,13-14H2,1H3. The molecule has 0 N–H and O–H groups in total. The van der Waals surface area contributed by atoms with Crippen LogP contribution in [0.25, 0.3) is 21.5 Å². The molecular formula is C24H24Cl2O4. The highest BCUT2D eigenvalue weighted by atomic mass is 35.5. The first kappa shape index (κ1) is 22.4. The molecule has 0 heterocycles. The van der Waals surface area contributed by atoms with E-state index in [2.05, 4.69) is 6.92 Å². The second-order valence-corrected chi connectivity index (χ2v) is 7.73. The van der Waals surface area contributed by atoms with Gasteiger partial charge >= 0.3 is 11.9 Å². The number of carbonyl (C=O) groups is 2. The number of ether oxygens (including phenoxy) is 2. The zero-order valence-corrected chi connectivity index (χ0v) is 18.4. The fourth-order valence-corrected chi connectivity index (χ4v) is 3.61. The van der Waals surface area contributed by atoms with E-state index in [0.717, 1.165) is 28.1 Å². The second kappa shape index (κ2) is 10.6. The minimum absolute atomic E-state index is 0.238. The van der Waals surface area contributed by atoms with Crippen molar-refractivity contribution < 1.29 is 19.1 Å². The average molecular weight is 447 g/mol. The van der Waals surface area contributed by atoms with Crippen molar-refractivity contribution in [3.63, 3.8) is 0 Å². The smallest absolute Gasteiger partial charge is 0.311 e. The summed E-state index contributed by atoms with van der Waals surface area (Å²) in [5, 5.41) is 2.91. The summed E-state index contributed by atoms with van der Waals surface area (Å²) in [7, 11) is 0. The number of fused-ring (bicyclic) bond motifs is 2. The van der Waals surface area contributed by atoms with Gasteiger partial charge < -0.3 is 9.47 Å². The molecule has 0 saturated heterocycles. The van der Waals surface area contributed by atoms with Crippen LogP contribution in [-0.2, 0) is 16.0 Å². The van der Waals surface area contributed by atoms with Gasteiger partial charge in [-0.2, -0.15) is 0 Å². The molecular weight excluding hydrogens is 423 g/mol. The van der Waals surface area contributed by atoms with Crippen LogP contribution in [0.2, 0.25) is 0 Å². The first-order valence-electron chi connectivity index (χ1n) is 10.1. The van der Waals surface area contributed by atoms with E-state index >= 15 is 0 Å². The number of benzene rings is 3. The van der Waals surface area contributed by atoms with Crippen LogP contribution in [0, 0.1) is 0 Å². The molecule has 0 atom stereocenters. The van der Waals surface area contributed by atoms with Crippen molar-refractivity contribution in [1.82, 2.24) is 0 Å². The Morgan fingerprint density at radius 2 is 1.27 bits per heavy atom. The predicted molar refractivity (Wildman–Crippen MR) is 122 cm³/mol. The van der Waals surface area contributed by atoms with Crippen LogP contribution < -0.4 is 9.47 Å². The molecule has 0 saturated carbocycles. The van der Waals surface area contributed by atoms with E-state index in [0.29, 0.717) is 41.5 Å². The summed E-state index contributed by atoms with van der Waals surface area (Å²) >= 11 is 11.4. The van der Waals surface area contributed by atoms with Gasteiger partial charge in [0.05, 0.1) is 0 Å². The molecule has 0 bridgehead atoms. The van der Waals surface area contributed by atoms with Gasteiger partial charge in [0.25, 0.3) is 0 Å². The molecule has 158 valence electrons. The summed E-state index contributed by atoms with van der Waals surface area (Å²) in [6.45, 7) is 2.06. The van der Waals surface area contributed by atoms with Crippen LogP contribution in [0.15, 0.2) is 42.5 Å². The van der Waals surface area contributed by atoms with Crippen molar-refractivity contribution >= 4 is 56.7 Å². The van der Waals surface area contributed by atoms with Crippen molar-refractivity contribution in [3.8, 4) is 11.5 Å². The van der Waals surface area contributed by atoms with Gasteiger partial charge in [0.15, 0.2) is 0 Å². The van der Waals surface area contributed by atoms with Gasteiger partial charge in [0, 0.05) is 46.1 Å². The van der Waals surface area contributed by atoms with Crippen LogP contribution in [0.3, 0.4) is 0 Å². The van der Waals surface area contributed by atoms with Gasteiger partial charge in [-0.15, -0.1) is 23.2 Å². The van der Waals surface area contributed by atoms with Crippen LogP contribution in [0.1, 0.15) is 38.2 Å². The van der Waals surface area contributed by atoms with Crippen molar-refractivity contribution in [2.24, 2.45) is 0 Å². The highest BCUT2D eigenvalue weighted by Crippen LogP contribution is 2.43. The molecule has 0 aromatic heterocycles. The van der Waals surface area contributed by atoms with Gasteiger partial charge in [-0.3, -0.25) is 9.59 Å². The van der Waals surface area contributed by atoms with Gasteiger partial charge in [-0.1, -0.05) is 43.3 Å². The SMILES string of the molecule is CCc1ccc2c(OC(=O)CCCCl)c3ccccc3c(OC(=O)CCCCl)c2c1. The molecule has 3 aromatic carbocycles. The number of esters is 2. The monoisotopic (exact) mass is 446 g/mol. The van der Waals surface area contributed by atoms with E-state index < -0.39 is 0 Å². The van der Waals surface area contributed by atoms with E-state index in [9.17, 15) is 9.59 Å². The Hall–Kier alpha value is -2.30. The highest BCUT2D eigenvalue weighted by molar-refractivity contribution is 6.18. The summed E-state index contributed by atoms with van der Waals surface area (Å²) in [6.07, 6.45) is 2.40. The fraction of sp³-hybridized carbons (Fsp3) is 0.333. The van der Waals surface area contributed by atoms with E-state index in [1.807, 2.05) is 42.5 Å². The Bertz CT molecular complexity index is 1060. The van der Waals surface area contributed by atoms with Crippen molar-refractivity contribution in [2.45, 2.75) is 39.0 Å². The predicted octanol–water partition coefficient (Wildman–Crippen LogP) is 6.40. The van der Waals surface area contributed by atoms with E-state index in [1.54, 1.807) is 0 Å². The van der Waals surface area contributed by atoms with Crippen LogP contribution in [-0.4, -0.2) is 23.7 Å². The summed E-state index contributed by atoms with van der Waals surface area (Å²) in [5.41, 5.74) is 1.09. The molecule has 0 amide bonds. The quantitative estimate of drug-likeness (QED) is 0.165. The summed E-state index contributed by atoms with van der Waals surface area (Å²) in [4.78, 5) is 24.8. The van der Waals surface area contributed by atoms with Gasteiger partial charge in [0.2, 0.25) is 0 Å². The molecule has 0 fully saturated rings. The normalized spacial score (nSPS) is 11.0. The van der Waals surface area contributed by atoms with Gasteiger partial charge in [0.1, 0.15) is 11.5 Å². The molecule has 0 aliphatic rings. The third kappa shape index (κ3) is 5.05. The molecule has 0 spiro atoms. The first-order chi connectivity index (χ1) is 14.6. The average Bonchev–Trinajstić information content (AvgIpc) is 2.77. The molecule has 0 aliphatic carbocycles. The minimum Gasteiger partial charge on any atom is -0.425 e. The molecule has 4 nitrogen and oxygen atoms in total. The third-order valence-corrected chi connectivity index (χ3v) is 5.39. The maximum absolute atomic E-state index is 12.4. The van der Waals surface area contributed by atoms with Crippen molar-refractivity contribution in [3.05, 3.63) is 48.0 Å². The molecule has 0 aliphatic heterocycles. The lowest BCUT2D eigenvalue weighted by Crippen LogP contribution is -2.11. The zero-order chi connectivity index (χ0) is 21.5. The minimum atomic E-state index is -0.339. The largest absolute Gasteiger partial charge is 0.425 e. The molecule has 30 heavy (non-hydrogen) atoms. The number of hydrogen-bond acceptors (Lipinski definition) is 4. The van der Waals surface area contributed by atoms with Gasteiger partial charge in [-0.25, -0.2) is 0 Å². The van der Waals surface area contributed by atoms with Gasteiger partial charge in [-0.05, 0) is 30.9 Å². The summed E-state index contributed by atoms with van der Waals surface area (Å²) in [6, 6.07) is 13.4. The Morgan fingerprint density at radius 1 is 0.767 bits per heavy atom. The number of halogens is 2. The van der Waals surface area contributed by atoms with Crippen LogP contribution in [0.4, 0.5) is 0 Å². The Labute approximate surface area is 186 Å². The summed E-state index contributed by atoms with van der Waals surface area (Å²) < 4.78 is 11.6. The molecule has 3 aromatic rings. The highest BCUT2D eigenvalue weighted by Gasteiger charge is 2.20. The first-order valence-corrected chi connectivity index (χ1v) is 11.2. The van der Waals surface area contributed by atoms with Crippen LogP contribution in [0.5, 0.6) is 11.5 Å². The number of alkyl halides is 2. The molecule has 0 unspecified atom stereocenters. The lowest BCUT2D eigenvalue weighted by molar-refractivity contribution is -0.135. The zero-order valence-electron chi connectivity index (χ0n) is 16.9. The fourth-order valence-electron chi connectivity index (χ4n) is 3.34. The lowest BCUT2D eigenvalue weighted by atomic mass is 9.98. The molecule has 6 heteroatoms. The molecule has 0 radical (unpaired) electrons.